The van der Waals surface area contributed by atoms with E-state index in [0.29, 0.717) is 23.7 Å². The molecule has 0 spiro atoms. The van der Waals surface area contributed by atoms with Crippen LogP contribution in [0, 0.1) is 0 Å². The molecule has 0 aromatic carbocycles. The zero-order valence-corrected chi connectivity index (χ0v) is 18.5. The lowest BCUT2D eigenvalue weighted by atomic mass is 10.1. The van der Waals surface area contributed by atoms with Crippen molar-refractivity contribution >= 4 is 22.9 Å². The van der Waals surface area contributed by atoms with Crippen LogP contribution in [0.25, 0.3) is 11.2 Å². The molecule has 0 radical (unpaired) electrons. The van der Waals surface area contributed by atoms with Crippen LogP contribution in [-0.4, -0.2) is 64.5 Å². The van der Waals surface area contributed by atoms with Gasteiger partial charge in [0.15, 0.2) is 29.0 Å². The van der Waals surface area contributed by atoms with E-state index in [9.17, 15) is 0 Å². The molecule has 4 N–H and O–H groups in total. The Hall–Kier alpha value is -3.03. The summed E-state index contributed by atoms with van der Waals surface area (Å²) in [7, 11) is 0. The van der Waals surface area contributed by atoms with Crippen LogP contribution in [0.4, 0.5) is 11.8 Å². The summed E-state index contributed by atoms with van der Waals surface area (Å²) in [6, 6.07) is 0.249. The van der Waals surface area contributed by atoms with E-state index in [1.165, 1.54) is 6.33 Å². The lowest BCUT2D eigenvalue weighted by Crippen LogP contribution is -2.33. The van der Waals surface area contributed by atoms with Gasteiger partial charge in [-0.3, -0.25) is 4.57 Å². The summed E-state index contributed by atoms with van der Waals surface area (Å²) in [6.07, 6.45) is 5.74. The normalized spacial score (nSPS) is 29.2. The van der Waals surface area contributed by atoms with Crippen LogP contribution in [0.15, 0.2) is 12.7 Å². The SMILES string of the molecule is CC1(C)O[C@@H]2[C@H](O1)[C@@H](Cn1ncnc1N)O[C@H]2n1cnc2c(N)nc(OC3CCCC3)nc21. The van der Waals surface area contributed by atoms with Crippen LogP contribution in [0.2, 0.25) is 0 Å². The van der Waals surface area contributed by atoms with Crippen LogP contribution >= 0.6 is 0 Å². The second-order valence-corrected chi connectivity index (χ2v) is 9.17. The van der Waals surface area contributed by atoms with Gasteiger partial charge in [-0.2, -0.15) is 15.1 Å². The Bertz CT molecular complexity index is 1170. The molecule has 0 unspecified atom stereocenters. The number of nitrogens with two attached hydrogens (primary N) is 2. The van der Waals surface area contributed by atoms with Crippen molar-refractivity contribution in [3.8, 4) is 6.01 Å². The number of aromatic nitrogens is 7. The molecule has 1 saturated carbocycles. The van der Waals surface area contributed by atoms with Crippen molar-refractivity contribution in [2.45, 2.75) is 82.5 Å². The summed E-state index contributed by atoms with van der Waals surface area (Å²) < 4.78 is 28.2. The molecule has 3 aliphatic rings. The standard InChI is InChI=1S/C20H27N9O4/c1-20(2)32-13-11(7-29-18(22)23-8-25-29)31-17(14(13)33-20)28-9-24-12-15(21)26-19(27-16(12)28)30-10-5-3-4-6-10/h8-11,13-14,17H,3-7H2,1-2H3,(H2,21,26,27)(H2,22,23,25)/t11-,13-,14-,17-/m1/s1. The lowest BCUT2D eigenvalue weighted by molar-refractivity contribution is -0.197. The van der Waals surface area contributed by atoms with Gasteiger partial charge in [0.1, 0.15) is 30.7 Å². The maximum absolute atomic E-state index is 6.40. The Labute approximate surface area is 189 Å². The van der Waals surface area contributed by atoms with Crippen LogP contribution < -0.4 is 16.2 Å². The number of hydrogen-bond acceptors (Lipinski definition) is 11. The van der Waals surface area contributed by atoms with Gasteiger partial charge in [0.05, 0.1) is 12.9 Å². The number of nitrogen functional groups attached to an aromatic ring is 2. The van der Waals surface area contributed by atoms with E-state index in [1.807, 2.05) is 18.4 Å². The molecule has 13 nitrogen and oxygen atoms in total. The van der Waals surface area contributed by atoms with Gasteiger partial charge in [-0.15, -0.1) is 0 Å². The van der Waals surface area contributed by atoms with Gasteiger partial charge in [-0.1, -0.05) is 0 Å². The molecule has 5 heterocycles. The fourth-order valence-corrected chi connectivity index (χ4v) is 4.93. The van der Waals surface area contributed by atoms with Gasteiger partial charge >= 0.3 is 6.01 Å². The first kappa shape index (κ1) is 20.6. The first-order valence-electron chi connectivity index (χ1n) is 11.2. The van der Waals surface area contributed by atoms with E-state index in [0.717, 1.165) is 25.7 Å². The lowest BCUT2D eigenvalue weighted by Gasteiger charge is -2.25. The molecular weight excluding hydrogens is 430 g/mol. The van der Waals surface area contributed by atoms with Gasteiger partial charge < -0.3 is 30.4 Å². The highest BCUT2D eigenvalue weighted by Gasteiger charge is 2.56. The molecule has 33 heavy (non-hydrogen) atoms. The maximum Gasteiger partial charge on any atom is 0.320 e. The molecule has 176 valence electrons. The molecule has 1 aliphatic carbocycles. The molecule has 3 aromatic heterocycles. The molecule has 3 aromatic rings. The van der Waals surface area contributed by atoms with E-state index >= 15 is 0 Å². The van der Waals surface area contributed by atoms with Gasteiger partial charge in [-0.25, -0.2) is 14.6 Å². The maximum atomic E-state index is 6.40. The Morgan fingerprint density at radius 1 is 1.12 bits per heavy atom. The number of ether oxygens (including phenoxy) is 4. The second-order valence-electron chi connectivity index (χ2n) is 9.17. The molecule has 13 heteroatoms. The molecule has 4 atom stereocenters. The molecular formula is C20H27N9O4. The van der Waals surface area contributed by atoms with Gasteiger partial charge in [0.25, 0.3) is 0 Å². The Kier molecular flexibility index (Phi) is 4.67. The third-order valence-electron chi connectivity index (χ3n) is 6.40. The summed E-state index contributed by atoms with van der Waals surface area (Å²) in [5, 5.41) is 4.17. The number of fused-ring (bicyclic) bond motifs is 2. The quantitative estimate of drug-likeness (QED) is 0.562. The Morgan fingerprint density at radius 3 is 2.67 bits per heavy atom. The van der Waals surface area contributed by atoms with Crippen molar-refractivity contribution in [3.05, 3.63) is 12.7 Å². The van der Waals surface area contributed by atoms with Gasteiger partial charge in [-0.05, 0) is 39.5 Å². The second kappa shape index (κ2) is 7.50. The summed E-state index contributed by atoms with van der Waals surface area (Å²) >= 11 is 0. The molecule has 3 fully saturated rings. The Morgan fingerprint density at radius 2 is 1.91 bits per heavy atom. The smallest absolute Gasteiger partial charge is 0.320 e. The minimum absolute atomic E-state index is 0.107. The monoisotopic (exact) mass is 457 g/mol. The highest BCUT2D eigenvalue weighted by Crippen LogP contribution is 2.44. The van der Waals surface area contributed by atoms with Crippen molar-refractivity contribution in [2.75, 3.05) is 11.5 Å². The largest absolute Gasteiger partial charge is 0.460 e. The summed E-state index contributed by atoms with van der Waals surface area (Å²) in [5.74, 6) is -0.207. The van der Waals surface area contributed by atoms with Crippen molar-refractivity contribution in [1.82, 2.24) is 34.3 Å². The number of anilines is 2. The van der Waals surface area contributed by atoms with E-state index in [1.54, 1.807) is 11.0 Å². The number of nitrogens with zero attached hydrogens (tertiary/aromatic N) is 7. The van der Waals surface area contributed by atoms with Crippen molar-refractivity contribution in [3.63, 3.8) is 0 Å². The van der Waals surface area contributed by atoms with Crippen LogP contribution in [-0.2, 0) is 20.8 Å². The average Bonchev–Trinajstić information content (AvgIpc) is 3.55. The van der Waals surface area contributed by atoms with Crippen LogP contribution in [0.3, 0.4) is 0 Å². The molecule has 0 bridgehead atoms. The first-order valence-corrected chi connectivity index (χ1v) is 11.2. The minimum Gasteiger partial charge on any atom is -0.460 e. The van der Waals surface area contributed by atoms with Gasteiger partial charge in [0, 0.05) is 0 Å². The fourth-order valence-electron chi connectivity index (χ4n) is 4.93. The van der Waals surface area contributed by atoms with Crippen LogP contribution in [0.1, 0.15) is 45.8 Å². The van der Waals surface area contributed by atoms with E-state index in [4.69, 9.17) is 30.4 Å². The molecule has 0 amide bonds. The topological polar surface area (TPSA) is 163 Å². The number of imidazole rings is 1. The third kappa shape index (κ3) is 3.56. The predicted octanol–water partition coefficient (Wildman–Crippen LogP) is 1.02. The number of hydrogen-bond donors (Lipinski definition) is 2. The van der Waals surface area contributed by atoms with E-state index in [2.05, 4.69) is 25.0 Å². The highest BCUT2D eigenvalue weighted by molar-refractivity contribution is 5.82. The molecule has 2 saturated heterocycles. The van der Waals surface area contributed by atoms with Crippen LogP contribution in [0.5, 0.6) is 6.01 Å². The van der Waals surface area contributed by atoms with Crippen molar-refractivity contribution in [1.29, 1.82) is 0 Å². The summed E-state index contributed by atoms with van der Waals surface area (Å²) in [5.41, 5.74) is 13.1. The molecule has 6 rings (SSSR count). The third-order valence-corrected chi connectivity index (χ3v) is 6.40. The van der Waals surface area contributed by atoms with Crippen molar-refractivity contribution in [2.24, 2.45) is 0 Å². The van der Waals surface area contributed by atoms with E-state index < -0.39 is 18.1 Å². The highest BCUT2D eigenvalue weighted by atomic mass is 16.8. The Balaban J connectivity index is 1.34. The predicted molar refractivity (Wildman–Crippen MR) is 115 cm³/mol. The zero-order chi connectivity index (χ0) is 22.7. The van der Waals surface area contributed by atoms with Crippen molar-refractivity contribution < 1.29 is 18.9 Å². The van der Waals surface area contributed by atoms with Gasteiger partial charge in [0.2, 0.25) is 5.95 Å². The fraction of sp³-hybridized carbons (Fsp3) is 0.650. The summed E-state index contributed by atoms with van der Waals surface area (Å²) in [4.78, 5) is 17.4. The van der Waals surface area contributed by atoms with E-state index in [-0.39, 0.29) is 30.1 Å². The zero-order valence-electron chi connectivity index (χ0n) is 18.5. The first-order chi connectivity index (χ1) is 15.9. The summed E-state index contributed by atoms with van der Waals surface area (Å²) in [6.45, 7) is 4.12. The number of rotatable bonds is 5. The average molecular weight is 457 g/mol. The molecule has 2 aliphatic heterocycles. The minimum atomic E-state index is -0.773.